The summed E-state index contributed by atoms with van der Waals surface area (Å²) in [5.41, 5.74) is 2.60. The van der Waals surface area contributed by atoms with Gasteiger partial charge in [0.2, 0.25) is 0 Å². The highest BCUT2D eigenvalue weighted by molar-refractivity contribution is 5.89. The average molecular weight is 242 g/mol. The minimum absolute atomic E-state index is 0.239. The monoisotopic (exact) mass is 242 g/mol. The van der Waals surface area contributed by atoms with Crippen LogP contribution in [0.5, 0.6) is 0 Å². The van der Waals surface area contributed by atoms with Crippen LogP contribution in [0.2, 0.25) is 0 Å². The van der Waals surface area contributed by atoms with E-state index < -0.39 is 0 Å². The molecule has 0 aliphatic carbocycles. The molecule has 18 heavy (non-hydrogen) atoms. The zero-order valence-corrected chi connectivity index (χ0v) is 10.1. The number of carbonyl (C=O) groups is 1. The van der Waals surface area contributed by atoms with Gasteiger partial charge >= 0.3 is 6.03 Å². The zero-order chi connectivity index (χ0) is 12.8. The van der Waals surface area contributed by atoms with Crippen LogP contribution < -0.4 is 10.6 Å². The number of urea groups is 1. The van der Waals surface area contributed by atoms with Crippen LogP contribution in [-0.2, 0) is 6.54 Å². The Balaban J connectivity index is 1.86. The Morgan fingerprint density at radius 1 is 1.22 bits per heavy atom. The van der Waals surface area contributed by atoms with Gasteiger partial charge in [-0.25, -0.2) is 4.79 Å². The summed E-state index contributed by atoms with van der Waals surface area (Å²) in [5, 5.41) is 5.52. The van der Waals surface area contributed by atoms with Crippen molar-refractivity contribution in [1.29, 1.82) is 0 Å². The molecule has 5 heteroatoms. The second-order valence-corrected chi connectivity index (χ2v) is 3.85. The molecule has 2 aromatic rings. The quantitative estimate of drug-likeness (QED) is 0.866. The van der Waals surface area contributed by atoms with Crippen molar-refractivity contribution in [1.82, 2.24) is 15.3 Å². The number of rotatable bonds is 3. The first-order valence-corrected chi connectivity index (χ1v) is 5.60. The second kappa shape index (κ2) is 5.77. The van der Waals surface area contributed by atoms with Crippen molar-refractivity contribution in [3.05, 3.63) is 54.1 Å². The lowest BCUT2D eigenvalue weighted by Gasteiger charge is -2.07. The molecule has 0 radical (unpaired) electrons. The standard InChI is InChI=1S/C13H14N4O/c1-10-8-12(4-7-15-10)17-13(18)16-9-11-2-5-14-6-3-11/h2-8H,9H2,1H3,(H2,15,16,17,18). The Morgan fingerprint density at radius 3 is 2.72 bits per heavy atom. The van der Waals surface area contributed by atoms with Gasteiger partial charge in [-0.15, -0.1) is 0 Å². The average Bonchev–Trinajstić information content (AvgIpc) is 2.38. The van der Waals surface area contributed by atoms with Gasteiger partial charge in [-0.3, -0.25) is 9.97 Å². The Labute approximate surface area is 105 Å². The van der Waals surface area contributed by atoms with E-state index in [2.05, 4.69) is 20.6 Å². The number of anilines is 1. The third kappa shape index (κ3) is 3.55. The van der Waals surface area contributed by atoms with Crippen molar-refractivity contribution in [3.8, 4) is 0 Å². The fraction of sp³-hybridized carbons (Fsp3) is 0.154. The van der Waals surface area contributed by atoms with Gasteiger partial charge in [0.1, 0.15) is 0 Å². The molecule has 0 aliphatic rings. The van der Waals surface area contributed by atoms with Crippen molar-refractivity contribution in [2.75, 3.05) is 5.32 Å². The third-order valence-corrected chi connectivity index (χ3v) is 2.36. The number of hydrogen-bond donors (Lipinski definition) is 2. The third-order valence-electron chi connectivity index (χ3n) is 2.36. The lowest BCUT2D eigenvalue weighted by molar-refractivity contribution is 0.251. The molecule has 0 bridgehead atoms. The normalized spacial score (nSPS) is 9.83. The molecule has 2 N–H and O–H groups in total. The zero-order valence-electron chi connectivity index (χ0n) is 10.1. The molecule has 0 saturated carbocycles. The molecule has 2 aromatic heterocycles. The number of nitrogens with zero attached hydrogens (tertiary/aromatic N) is 2. The summed E-state index contributed by atoms with van der Waals surface area (Å²) >= 11 is 0. The molecule has 0 saturated heterocycles. The lowest BCUT2D eigenvalue weighted by Crippen LogP contribution is -2.28. The molecule has 0 aliphatic heterocycles. The summed E-state index contributed by atoms with van der Waals surface area (Å²) in [6.07, 6.45) is 5.05. The van der Waals surface area contributed by atoms with E-state index in [1.807, 2.05) is 25.1 Å². The van der Waals surface area contributed by atoms with Crippen LogP contribution in [-0.4, -0.2) is 16.0 Å². The predicted octanol–water partition coefficient (Wildman–Crippen LogP) is 2.11. The molecule has 2 heterocycles. The van der Waals surface area contributed by atoms with Crippen molar-refractivity contribution >= 4 is 11.7 Å². The maximum absolute atomic E-state index is 11.6. The van der Waals surface area contributed by atoms with Gasteiger partial charge in [0.15, 0.2) is 0 Å². The SMILES string of the molecule is Cc1cc(NC(=O)NCc2ccncc2)ccn1. The van der Waals surface area contributed by atoms with Crippen LogP contribution >= 0.6 is 0 Å². The summed E-state index contributed by atoms with van der Waals surface area (Å²) in [4.78, 5) is 19.6. The van der Waals surface area contributed by atoms with Crippen molar-refractivity contribution in [2.24, 2.45) is 0 Å². The Morgan fingerprint density at radius 2 is 2.00 bits per heavy atom. The minimum Gasteiger partial charge on any atom is -0.334 e. The number of aromatic nitrogens is 2. The van der Waals surface area contributed by atoms with Gasteiger partial charge in [0, 0.05) is 36.5 Å². The maximum Gasteiger partial charge on any atom is 0.319 e. The van der Waals surface area contributed by atoms with E-state index in [0.29, 0.717) is 6.54 Å². The number of hydrogen-bond acceptors (Lipinski definition) is 3. The largest absolute Gasteiger partial charge is 0.334 e. The van der Waals surface area contributed by atoms with E-state index in [-0.39, 0.29) is 6.03 Å². The van der Waals surface area contributed by atoms with Crippen LogP contribution in [0.3, 0.4) is 0 Å². The van der Waals surface area contributed by atoms with E-state index in [9.17, 15) is 4.79 Å². The molecule has 2 rings (SSSR count). The molecule has 0 atom stereocenters. The molecule has 0 fully saturated rings. The van der Waals surface area contributed by atoms with Crippen molar-refractivity contribution < 1.29 is 4.79 Å². The highest BCUT2D eigenvalue weighted by Crippen LogP contribution is 2.06. The van der Waals surface area contributed by atoms with Gasteiger partial charge < -0.3 is 10.6 Å². The van der Waals surface area contributed by atoms with Gasteiger partial charge in [-0.2, -0.15) is 0 Å². The molecule has 0 spiro atoms. The number of amides is 2. The Hall–Kier alpha value is -2.43. The molecule has 0 unspecified atom stereocenters. The second-order valence-electron chi connectivity index (χ2n) is 3.85. The molecule has 5 nitrogen and oxygen atoms in total. The van der Waals surface area contributed by atoms with E-state index in [1.165, 1.54) is 0 Å². The number of pyridine rings is 2. The molecule has 0 aromatic carbocycles. The first-order chi connectivity index (χ1) is 8.74. The van der Waals surface area contributed by atoms with Gasteiger partial charge in [-0.1, -0.05) is 0 Å². The minimum atomic E-state index is -0.239. The van der Waals surface area contributed by atoms with Gasteiger partial charge in [0.05, 0.1) is 0 Å². The number of aryl methyl sites for hydroxylation is 1. The molecular formula is C13H14N4O. The summed E-state index contributed by atoms with van der Waals surface area (Å²) in [5.74, 6) is 0. The Kier molecular flexibility index (Phi) is 3.86. The van der Waals surface area contributed by atoms with Gasteiger partial charge in [0.25, 0.3) is 0 Å². The highest BCUT2D eigenvalue weighted by Gasteiger charge is 2.01. The molecule has 92 valence electrons. The molecule has 2 amide bonds. The smallest absolute Gasteiger partial charge is 0.319 e. The maximum atomic E-state index is 11.6. The van der Waals surface area contributed by atoms with Gasteiger partial charge in [-0.05, 0) is 36.8 Å². The van der Waals surface area contributed by atoms with E-state index in [0.717, 1.165) is 16.9 Å². The van der Waals surface area contributed by atoms with E-state index >= 15 is 0 Å². The molecular weight excluding hydrogens is 228 g/mol. The van der Waals surface area contributed by atoms with Crippen LogP contribution in [0.4, 0.5) is 10.5 Å². The topological polar surface area (TPSA) is 66.9 Å². The summed E-state index contributed by atoms with van der Waals surface area (Å²) < 4.78 is 0. The lowest BCUT2D eigenvalue weighted by atomic mass is 10.3. The van der Waals surface area contributed by atoms with E-state index in [1.54, 1.807) is 24.7 Å². The van der Waals surface area contributed by atoms with Crippen LogP contribution in [0.1, 0.15) is 11.3 Å². The van der Waals surface area contributed by atoms with Crippen molar-refractivity contribution in [3.63, 3.8) is 0 Å². The fourth-order valence-corrected chi connectivity index (χ4v) is 1.48. The van der Waals surface area contributed by atoms with Crippen LogP contribution in [0.25, 0.3) is 0 Å². The summed E-state index contributed by atoms with van der Waals surface area (Å²) in [6.45, 7) is 2.35. The number of carbonyl (C=O) groups excluding carboxylic acids is 1. The first kappa shape index (κ1) is 12.0. The predicted molar refractivity (Wildman–Crippen MR) is 69.1 cm³/mol. The van der Waals surface area contributed by atoms with Crippen molar-refractivity contribution in [2.45, 2.75) is 13.5 Å². The van der Waals surface area contributed by atoms with Crippen LogP contribution in [0, 0.1) is 6.92 Å². The van der Waals surface area contributed by atoms with Crippen LogP contribution in [0.15, 0.2) is 42.9 Å². The number of nitrogens with one attached hydrogen (secondary N) is 2. The summed E-state index contributed by atoms with van der Waals surface area (Å²) in [6, 6.07) is 7.04. The van der Waals surface area contributed by atoms with E-state index in [4.69, 9.17) is 0 Å². The highest BCUT2D eigenvalue weighted by atomic mass is 16.2. The summed E-state index contributed by atoms with van der Waals surface area (Å²) in [7, 11) is 0. The first-order valence-electron chi connectivity index (χ1n) is 5.60. The Bertz CT molecular complexity index is 528. The fourth-order valence-electron chi connectivity index (χ4n) is 1.48.